The standard InChI is InChI=1S/H2I.2Na.2H2O3S/c;;;2*1-4(2)3/h1H2;;;2*(H2,1,2,3)/q3*+1;;/p-3. The quantitative estimate of drug-likeness (QED) is 0.266. The van der Waals surface area contributed by atoms with Gasteiger partial charge in [0.05, 0.1) is 11.4 Å². The minimum atomic E-state index is -3.11. The van der Waals surface area contributed by atoms with Crippen LogP contribution in [0.5, 0.6) is 0 Å². The number of rotatable bonds is 0. The van der Waals surface area contributed by atoms with Crippen LogP contribution in [0.1, 0.15) is 0 Å². The van der Waals surface area contributed by atoms with Crippen LogP contribution in [0.2, 0.25) is 0 Å². The van der Waals surface area contributed by atoms with Crippen LogP contribution in [0.15, 0.2) is 0 Å². The van der Waals surface area contributed by atoms with Crippen molar-refractivity contribution in [3.8, 4) is 0 Å². The molecule has 60 valence electrons. The summed E-state index contributed by atoms with van der Waals surface area (Å²) in [7, 11) is 0. The largest absolute Gasteiger partial charge is 1.00 e. The fourth-order valence-corrected chi connectivity index (χ4v) is 0. The van der Waals surface area contributed by atoms with Gasteiger partial charge in [0.1, 0.15) is 0 Å². The van der Waals surface area contributed by atoms with Crippen LogP contribution in [-0.2, 0) is 22.7 Å². The van der Waals surface area contributed by atoms with Crippen molar-refractivity contribution < 1.29 is 110 Å². The zero-order valence-corrected chi connectivity index (χ0v) is 13.9. The van der Waals surface area contributed by atoms with E-state index in [4.69, 9.17) is 26.6 Å². The van der Waals surface area contributed by atoms with Crippen LogP contribution in [0, 0.1) is 0 Å². The Labute approximate surface area is 130 Å². The van der Waals surface area contributed by atoms with E-state index in [0.717, 1.165) is 0 Å². The summed E-state index contributed by atoms with van der Waals surface area (Å²) in [5, 5.41) is 0. The van der Waals surface area contributed by atoms with Gasteiger partial charge in [-0.2, -0.15) is 0 Å². The molecule has 11 heteroatoms. The Morgan fingerprint density at radius 3 is 1.00 bits per heavy atom. The molecule has 0 spiro atoms. The summed E-state index contributed by atoms with van der Waals surface area (Å²) in [4.78, 5) is 0. The summed E-state index contributed by atoms with van der Waals surface area (Å²) in [6.45, 7) is 0. The van der Waals surface area contributed by atoms with Gasteiger partial charge in [-0.25, -0.2) is 4.21 Å². The third-order valence-electron chi connectivity index (χ3n) is 0. The Hall–Kier alpha value is 2.87. The molecule has 0 saturated carbocycles. The SMILES string of the molecule is O=S([O-])O.O=S([O-])[O-].[IH2+].[Na+].[Na+]. The van der Waals surface area contributed by atoms with Gasteiger partial charge in [0, 0.05) is 0 Å². The molecule has 0 radical (unpaired) electrons. The minimum absolute atomic E-state index is 0. The summed E-state index contributed by atoms with van der Waals surface area (Å²) < 4.78 is 49.4. The van der Waals surface area contributed by atoms with Gasteiger partial charge in [0.15, 0.2) is 0 Å². The predicted molar refractivity (Wildman–Crippen MR) is 24.0 cm³/mol. The maximum Gasteiger partial charge on any atom is 1.00 e. The monoisotopic (exact) mass is 336 g/mol. The molecule has 0 bridgehead atoms. The first-order valence-electron chi connectivity index (χ1n) is 1.02. The van der Waals surface area contributed by atoms with Gasteiger partial charge in [-0.05, 0) is 0 Å². The summed E-state index contributed by atoms with van der Waals surface area (Å²) in [5.74, 6) is 0. The maximum absolute atomic E-state index is 8.56. The molecular formula is H3INa2O6S2. The van der Waals surface area contributed by atoms with Crippen molar-refractivity contribution >= 4 is 22.7 Å². The molecule has 0 fully saturated rings. The third-order valence-corrected chi connectivity index (χ3v) is 0. The minimum Gasteiger partial charge on any atom is -0.784 e. The molecule has 0 heterocycles. The molecule has 1 N–H and O–H groups in total. The van der Waals surface area contributed by atoms with Crippen LogP contribution in [-0.4, -0.2) is 26.6 Å². The molecule has 0 aliphatic heterocycles. The zero-order chi connectivity index (χ0) is 7.15. The summed E-state index contributed by atoms with van der Waals surface area (Å²) in [6, 6.07) is 0. The molecule has 0 saturated heterocycles. The molecule has 0 aromatic carbocycles. The van der Waals surface area contributed by atoms with Crippen molar-refractivity contribution in [3.05, 3.63) is 0 Å². The van der Waals surface area contributed by atoms with Gasteiger partial charge in [-0.15, -0.1) is 11.4 Å². The topological polar surface area (TPSA) is 124 Å². The van der Waals surface area contributed by atoms with Gasteiger partial charge in [-0.1, -0.05) is 0 Å². The van der Waals surface area contributed by atoms with Crippen molar-refractivity contribution in [2.75, 3.05) is 0 Å². The number of halogens is 1. The van der Waals surface area contributed by atoms with Crippen molar-refractivity contribution in [1.82, 2.24) is 0 Å². The second kappa shape index (κ2) is 23.0. The van der Waals surface area contributed by atoms with E-state index < -0.39 is 22.7 Å². The maximum atomic E-state index is 8.56. The average molecular weight is 336 g/mol. The molecule has 1 atom stereocenters. The van der Waals surface area contributed by atoms with E-state index in [0.29, 0.717) is 0 Å². The molecule has 0 aliphatic carbocycles. The van der Waals surface area contributed by atoms with Gasteiger partial charge < -0.3 is 18.2 Å². The normalized spacial score (nSPS) is 8.82. The molecule has 0 aliphatic rings. The Morgan fingerprint density at radius 1 is 1.00 bits per heavy atom. The first-order valence-corrected chi connectivity index (χ1v) is 3.05. The van der Waals surface area contributed by atoms with Gasteiger partial charge in [-0.3, -0.25) is 4.21 Å². The summed E-state index contributed by atoms with van der Waals surface area (Å²) in [6.07, 6.45) is 0. The fourth-order valence-electron chi connectivity index (χ4n) is 0. The van der Waals surface area contributed by atoms with Crippen LogP contribution in [0.4, 0.5) is 0 Å². The molecule has 11 heavy (non-hydrogen) atoms. The van der Waals surface area contributed by atoms with Crippen LogP contribution >= 0.6 is 0 Å². The molecule has 0 rings (SSSR count). The van der Waals surface area contributed by atoms with Crippen LogP contribution < -0.4 is 83.1 Å². The Kier molecular flexibility index (Phi) is 61.2. The molecule has 6 nitrogen and oxygen atoms in total. The molecule has 0 aromatic rings. The predicted octanol–water partition coefficient (Wildman–Crippen LogP) is -11.2. The van der Waals surface area contributed by atoms with Crippen LogP contribution in [0.25, 0.3) is 0 Å². The number of hydrogen-bond donors (Lipinski definition) is 1. The third kappa shape index (κ3) is 185. The first kappa shape index (κ1) is 29.2. The number of hydrogen-bond acceptors (Lipinski definition) is 5. The second-order valence-corrected chi connectivity index (χ2v) is 1.26. The Balaban J connectivity index is -0.0000000171. The summed E-state index contributed by atoms with van der Waals surface area (Å²) >= 11 is -5.97. The molecular weight excluding hydrogens is 333 g/mol. The second-order valence-electron chi connectivity index (χ2n) is 0.421. The fraction of sp³-hybridized carbons (Fsp3) is 0. The van der Waals surface area contributed by atoms with Crippen molar-refractivity contribution in [1.29, 1.82) is 0 Å². The molecule has 1 unspecified atom stereocenters. The van der Waals surface area contributed by atoms with E-state index in [1.54, 1.807) is 0 Å². The Morgan fingerprint density at radius 2 is 1.00 bits per heavy atom. The van der Waals surface area contributed by atoms with Gasteiger partial charge in [0.2, 0.25) is 24.0 Å². The van der Waals surface area contributed by atoms with E-state index in [-0.39, 0.29) is 83.1 Å². The van der Waals surface area contributed by atoms with E-state index in [1.165, 1.54) is 0 Å². The summed E-state index contributed by atoms with van der Waals surface area (Å²) in [5.41, 5.74) is 0. The van der Waals surface area contributed by atoms with E-state index >= 15 is 0 Å². The van der Waals surface area contributed by atoms with Crippen molar-refractivity contribution in [2.45, 2.75) is 0 Å². The van der Waals surface area contributed by atoms with E-state index in [2.05, 4.69) is 0 Å². The smallest absolute Gasteiger partial charge is 0.784 e. The zero-order valence-electron chi connectivity index (χ0n) is 5.75. The van der Waals surface area contributed by atoms with E-state index in [1.807, 2.05) is 0 Å². The molecule has 0 amide bonds. The van der Waals surface area contributed by atoms with Gasteiger partial charge >= 0.3 is 59.1 Å². The van der Waals surface area contributed by atoms with Gasteiger partial charge in [0.25, 0.3) is 0 Å². The average Bonchev–Trinajstić information content (AvgIpc) is 1.25. The first-order chi connectivity index (χ1) is 3.46. The van der Waals surface area contributed by atoms with Crippen molar-refractivity contribution in [2.24, 2.45) is 0 Å². The van der Waals surface area contributed by atoms with Crippen molar-refractivity contribution in [3.63, 3.8) is 0 Å². The van der Waals surface area contributed by atoms with E-state index in [9.17, 15) is 0 Å². The Bertz CT molecular complexity index is 76.6. The molecule has 0 aromatic heterocycles. The van der Waals surface area contributed by atoms with Crippen LogP contribution in [0.3, 0.4) is 0 Å².